The van der Waals surface area contributed by atoms with Crippen molar-refractivity contribution in [2.45, 2.75) is 19.3 Å². The predicted molar refractivity (Wildman–Crippen MR) is 82.0 cm³/mol. The number of nitrogens with zero attached hydrogens (tertiary/aromatic N) is 1. The number of piperidine rings is 1. The molecule has 5 nitrogen and oxygen atoms in total. The molecule has 114 valence electrons. The van der Waals surface area contributed by atoms with Gasteiger partial charge in [-0.15, -0.1) is 0 Å². The van der Waals surface area contributed by atoms with Gasteiger partial charge in [0, 0.05) is 19.5 Å². The zero-order chi connectivity index (χ0) is 15.4. The van der Waals surface area contributed by atoms with E-state index < -0.39 is 5.97 Å². The first kappa shape index (κ1) is 15.9. The van der Waals surface area contributed by atoms with E-state index in [-0.39, 0.29) is 18.4 Å². The quantitative estimate of drug-likeness (QED) is 0.887. The van der Waals surface area contributed by atoms with E-state index in [2.05, 4.69) is 5.32 Å². The van der Waals surface area contributed by atoms with Gasteiger partial charge in [-0.1, -0.05) is 29.3 Å². The van der Waals surface area contributed by atoms with Crippen LogP contribution in [0.15, 0.2) is 18.2 Å². The molecular formula is C14H16Cl2N2O3. The SMILES string of the molecule is O=C(O)CC1CCCN(C(=O)Nc2c(Cl)cccc2Cl)C1. The summed E-state index contributed by atoms with van der Waals surface area (Å²) in [6.45, 7) is 1.03. The Balaban J connectivity index is 2.01. The van der Waals surface area contributed by atoms with E-state index in [1.165, 1.54) is 0 Å². The summed E-state index contributed by atoms with van der Waals surface area (Å²) in [6, 6.07) is 4.68. The Kier molecular flexibility index (Phi) is 5.31. The number of carboxylic acids is 1. The molecule has 2 amide bonds. The second kappa shape index (κ2) is 7.00. The molecular weight excluding hydrogens is 315 g/mol. The Morgan fingerprint density at radius 3 is 2.62 bits per heavy atom. The minimum Gasteiger partial charge on any atom is -0.481 e. The molecule has 0 radical (unpaired) electrons. The first-order valence-corrected chi connectivity index (χ1v) is 7.44. The Bertz CT molecular complexity index is 531. The van der Waals surface area contributed by atoms with Crippen molar-refractivity contribution in [2.24, 2.45) is 5.92 Å². The topological polar surface area (TPSA) is 69.6 Å². The molecule has 1 aromatic carbocycles. The standard InChI is InChI=1S/C14H16Cl2N2O3/c15-10-4-1-5-11(16)13(10)17-14(21)18-6-2-3-9(8-18)7-12(19)20/h1,4-5,9H,2-3,6-8H2,(H,17,21)(H,19,20). The molecule has 0 spiro atoms. The summed E-state index contributed by atoms with van der Waals surface area (Å²) in [5.41, 5.74) is 0.381. The molecule has 1 aliphatic rings. The van der Waals surface area contributed by atoms with Gasteiger partial charge in [-0.3, -0.25) is 4.79 Å². The lowest BCUT2D eigenvalue weighted by Gasteiger charge is -2.32. The number of benzene rings is 1. The van der Waals surface area contributed by atoms with Crippen LogP contribution in [-0.2, 0) is 4.79 Å². The number of aliphatic carboxylic acids is 1. The van der Waals surface area contributed by atoms with E-state index in [1.54, 1.807) is 23.1 Å². The molecule has 0 bridgehead atoms. The van der Waals surface area contributed by atoms with E-state index in [0.29, 0.717) is 28.8 Å². The van der Waals surface area contributed by atoms with Gasteiger partial charge in [-0.05, 0) is 30.9 Å². The Morgan fingerprint density at radius 1 is 1.33 bits per heavy atom. The molecule has 1 unspecified atom stereocenters. The monoisotopic (exact) mass is 330 g/mol. The summed E-state index contributed by atoms with van der Waals surface area (Å²) < 4.78 is 0. The molecule has 1 fully saturated rings. The van der Waals surface area contributed by atoms with Crippen molar-refractivity contribution in [1.82, 2.24) is 4.90 Å². The maximum atomic E-state index is 12.3. The Labute approximate surface area is 132 Å². The van der Waals surface area contributed by atoms with Crippen molar-refractivity contribution in [3.05, 3.63) is 28.2 Å². The third kappa shape index (κ3) is 4.25. The van der Waals surface area contributed by atoms with Crippen LogP contribution >= 0.6 is 23.2 Å². The van der Waals surface area contributed by atoms with Crippen LogP contribution in [0.3, 0.4) is 0 Å². The average molecular weight is 331 g/mol. The first-order chi connectivity index (χ1) is 9.97. The molecule has 2 N–H and O–H groups in total. The number of urea groups is 1. The number of carboxylic acid groups (broad SMARTS) is 1. The van der Waals surface area contributed by atoms with Crippen LogP contribution in [0.2, 0.25) is 10.0 Å². The van der Waals surface area contributed by atoms with Crippen LogP contribution in [0.5, 0.6) is 0 Å². The zero-order valence-electron chi connectivity index (χ0n) is 11.3. The van der Waals surface area contributed by atoms with Gasteiger partial charge in [0.1, 0.15) is 0 Å². The van der Waals surface area contributed by atoms with Gasteiger partial charge in [0.25, 0.3) is 0 Å². The molecule has 1 aliphatic heterocycles. The maximum absolute atomic E-state index is 12.3. The van der Waals surface area contributed by atoms with Crippen molar-refractivity contribution in [3.8, 4) is 0 Å². The normalized spacial score (nSPS) is 18.4. The number of nitrogens with one attached hydrogen (secondary N) is 1. The fraction of sp³-hybridized carbons (Fsp3) is 0.429. The number of hydrogen-bond donors (Lipinski definition) is 2. The van der Waals surface area contributed by atoms with Gasteiger partial charge < -0.3 is 15.3 Å². The number of hydrogen-bond acceptors (Lipinski definition) is 2. The zero-order valence-corrected chi connectivity index (χ0v) is 12.8. The van der Waals surface area contributed by atoms with Crippen molar-refractivity contribution in [3.63, 3.8) is 0 Å². The summed E-state index contributed by atoms with van der Waals surface area (Å²) in [7, 11) is 0. The summed E-state index contributed by atoms with van der Waals surface area (Å²) in [5.74, 6) is -0.847. The van der Waals surface area contributed by atoms with Crippen LogP contribution in [0.1, 0.15) is 19.3 Å². The van der Waals surface area contributed by atoms with Crippen LogP contribution in [0.4, 0.5) is 10.5 Å². The smallest absolute Gasteiger partial charge is 0.321 e. The molecule has 2 rings (SSSR count). The summed E-state index contributed by atoms with van der Waals surface area (Å²) in [5, 5.41) is 12.3. The van der Waals surface area contributed by atoms with E-state index in [0.717, 1.165) is 12.8 Å². The molecule has 21 heavy (non-hydrogen) atoms. The molecule has 0 aromatic heterocycles. The minimum absolute atomic E-state index is 0.0104. The van der Waals surface area contributed by atoms with Gasteiger partial charge >= 0.3 is 12.0 Å². The van der Waals surface area contributed by atoms with Crippen molar-refractivity contribution >= 4 is 40.9 Å². The Hall–Kier alpha value is -1.46. The molecule has 0 saturated carbocycles. The lowest BCUT2D eigenvalue weighted by molar-refractivity contribution is -0.138. The fourth-order valence-corrected chi connectivity index (χ4v) is 2.96. The average Bonchev–Trinajstić information content (AvgIpc) is 2.42. The van der Waals surface area contributed by atoms with Crippen LogP contribution in [0.25, 0.3) is 0 Å². The Morgan fingerprint density at radius 2 is 2.00 bits per heavy atom. The third-order valence-electron chi connectivity index (χ3n) is 3.46. The number of amides is 2. The highest BCUT2D eigenvalue weighted by molar-refractivity contribution is 6.39. The number of anilines is 1. The predicted octanol–water partition coefficient (Wildman–Crippen LogP) is 3.71. The molecule has 1 aromatic rings. The minimum atomic E-state index is -0.837. The van der Waals surface area contributed by atoms with E-state index in [4.69, 9.17) is 28.3 Å². The summed E-state index contributed by atoms with van der Waals surface area (Å²) in [4.78, 5) is 24.6. The fourth-order valence-electron chi connectivity index (χ4n) is 2.47. The number of para-hydroxylation sites is 1. The van der Waals surface area contributed by atoms with Gasteiger partial charge in [0.05, 0.1) is 15.7 Å². The van der Waals surface area contributed by atoms with Crippen LogP contribution in [0, 0.1) is 5.92 Å². The number of carbonyl (C=O) groups is 2. The lowest BCUT2D eigenvalue weighted by Crippen LogP contribution is -2.42. The number of likely N-dealkylation sites (tertiary alicyclic amines) is 1. The van der Waals surface area contributed by atoms with Crippen LogP contribution in [-0.4, -0.2) is 35.1 Å². The largest absolute Gasteiger partial charge is 0.481 e. The van der Waals surface area contributed by atoms with Crippen molar-refractivity contribution < 1.29 is 14.7 Å². The second-order valence-corrected chi connectivity index (χ2v) is 5.89. The summed E-state index contributed by atoms with van der Waals surface area (Å²) in [6.07, 6.45) is 1.70. The molecule has 7 heteroatoms. The highest BCUT2D eigenvalue weighted by Gasteiger charge is 2.25. The molecule has 1 atom stereocenters. The summed E-state index contributed by atoms with van der Waals surface area (Å²) >= 11 is 12.0. The second-order valence-electron chi connectivity index (χ2n) is 5.08. The van der Waals surface area contributed by atoms with E-state index in [9.17, 15) is 9.59 Å². The van der Waals surface area contributed by atoms with Crippen molar-refractivity contribution in [1.29, 1.82) is 0 Å². The van der Waals surface area contributed by atoms with Crippen molar-refractivity contribution in [2.75, 3.05) is 18.4 Å². The molecule has 0 aliphatic carbocycles. The maximum Gasteiger partial charge on any atom is 0.321 e. The third-order valence-corrected chi connectivity index (χ3v) is 4.09. The van der Waals surface area contributed by atoms with Gasteiger partial charge in [-0.2, -0.15) is 0 Å². The first-order valence-electron chi connectivity index (χ1n) is 6.69. The number of carbonyl (C=O) groups excluding carboxylic acids is 1. The van der Waals surface area contributed by atoms with Gasteiger partial charge in [-0.25, -0.2) is 4.79 Å². The van der Waals surface area contributed by atoms with Gasteiger partial charge in [0.2, 0.25) is 0 Å². The van der Waals surface area contributed by atoms with Gasteiger partial charge in [0.15, 0.2) is 0 Å². The number of rotatable bonds is 3. The highest BCUT2D eigenvalue weighted by Crippen LogP contribution is 2.30. The van der Waals surface area contributed by atoms with E-state index in [1.807, 2.05) is 0 Å². The van der Waals surface area contributed by atoms with Crippen LogP contribution < -0.4 is 5.32 Å². The van der Waals surface area contributed by atoms with E-state index >= 15 is 0 Å². The molecule has 1 saturated heterocycles. The lowest BCUT2D eigenvalue weighted by atomic mass is 9.95. The number of halogens is 2. The molecule has 1 heterocycles. The highest BCUT2D eigenvalue weighted by atomic mass is 35.5.